The normalized spacial score (nSPS) is 21.1. The van der Waals surface area contributed by atoms with Crippen LogP contribution in [0.3, 0.4) is 0 Å². The molecule has 0 spiro atoms. The number of benzene rings is 1. The number of aromatic amines is 1. The number of hydrogen-bond donors (Lipinski definition) is 1. The smallest absolute Gasteiger partial charge is 0.297 e. The second-order valence-corrected chi connectivity index (χ2v) is 6.74. The average Bonchev–Trinajstić information content (AvgIpc) is 2.38. The van der Waals surface area contributed by atoms with Crippen molar-refractivity contribution in [2.45, 2.75) is 25.8 Å². The molecule has 0 bridgehead atoms. The molecular weight excluding hydrogens is 356 g/mol. The van der Waals surface area contributed by atoms with Crippen LogP contribution in [0.2, 0.25) is 5.15 Å². The number of nitrogens with one attached hydrogen (secondary N) is 1. The van der Waals surface area contributed by atoms with Crippen LogP contribution in [0.25, 0.3) is 11.1 Å². The van der Waals surface area contributed by atoms with Crippen molar-refractivity contribution in [2.24, 2.45) is 5.92 Å². The number of rotatable bonds is 2. The molecule has 1 saturated carbocycles. The first kappa shape index (κ1) is 14.6. The van der Waals surface area contributed by atoms with Gasteiger partial charge in [-0.25, -0.2) is 4.79 Å². The van der Waals surface area contributed by atoms with Gasteiger partial charge in [0.15, 0.2) is 0 Å². The van der Waals surface area contributed by atoms with Gasteiger partial charge in [0, 0.05) is 16.1 Å². The number of hydrogen-bond acceptors (Lipinski definition) is 2. The van der Waals surface area contributed by atoms with Gasteiger partial charge in [-0.05, 0) is 24.8 Å². The predicted molar refractivity (Wildman–Crippen MR) is 86.9 cm³/mol. The molecule has 1 aromatic carbocycles. The van der Waals surface area contributed by atoms with Crippen LogP contribution in [-0.4, -0.2) is 9.55 Å². The van der Waals surface area contributed by atoms with Crippen LogP contribution in [-0.2, 0) is 0 Å². The van der Waals surface area contributed by atoms with Gasteiger partial charge in [0.05, 0.1) is 5.56 Å². The maximum atomic E-state index is 12.7. The van der Waals surface area contributed by atoms with E-state index in [9.17, 15) is 9.59 Å². The van der Waals surface area contributed by atoms with Gasteiger partial charge in [-0.15, -0.1) is 0 Å². The fraction of sp³-hybridized carbons (Fsp3) is 0.333. The van der Waals surface area contributed by atoms with Crippen LogP contribution in [0.4, 0.5) is 0 Å². The van der Waals surface area contributed by atoms with Crippen LogP contribution in [0.15, 0.2) is 38.3 Å². The lowest BCUT2D eigenvalue weighted by molar-refractivity contribution is 0.205. The van der Waals surface area contributed by atoms with Gasteiger partial charge in [-0.2, -0.15) is 0 Å². The number of aromatic nitrogens is 2. The Morgan fingerprint density at radius 3 is 2.57 bits per heavy atom. The third-order valence-electron chi connectivity index (χ3n) is 3.94. The summed E-state index contributed by atoms with van der Waals surface area (Å²) >= 11 is 9.54. The monoisotopic (exact) mass is 368 g/mol. The largest absolute Gasteiger partial charge is 0.329 e. The van der Waals surface area contributed by atoms with Gasteiger partial charge < -0.3 is 0 Å². The van der Waals surface area contributed by atoms with Gasteiger partial charge in [-0.3, -0.25) is 14.3 Å². The van der Waals surface area contributed by atoms with Gasteiger partial charge in [0.1, 0.15) is 5.15 Å². The van der Waals surface area contributed by atoms with Gasteiger partial charge in [0.25, 0.3) is 5.56 Å². The van der Waals surface area contributed by atoms with Crippen LogP contribution in [0.1, 0.15) is 25.8 Å². The van der Waals surface area contributed by atoms with Crippen molar-refractivity contribution < 1.29 is 0 Å². The number of H-pyrrole nitrogens is 1. The molecular formula is C15H14BrClN2O2. The quantitative estimate of drug-likeness (QED) is 0.823. The maximum absolute atomic E-state index is 12.7. The standard InChI is InChI=1S/C15H14BrClN2O2/c1-8-6-9(7-8)19-14(20)12(13(17)18-15(19)21)10-4-2-3-5-11(10)16/h2-5,8-9H,6-7H2,1H3,(H,18,21). The minimum absolute atomic E-state index is 0.0326. The van der Waals surface area contributed by atoms with E-state index in [2.05, 4.69) is 27.8 Å². The third kappa shape index (κ3) is 2.49. The van der Waals surface area contributed by atoms with Crippen molar-refractivity contribution in [3.63, 3.8) is 0 Å². The molecule has 1 heterocycles. The lowest BCUT2D eigenvalue weighted by atomic mass is 9.81. The first-order valence-corrected chi connectivity index (χ1v) is 7.95. The van der Waals surface area contributed by atoms with E-state index >= 15 is 0 Å². The average molecular weight is 370 g/mol. The topological polar surface area (TPSA) is 54.9 Å². The summed E-state index contributed by atoms with van der Waals surface area (Å²) in [5.74, 6) is 0.545. The molecule has 1 aromatic heterocycles. The van der Waals surface area contributed by atoms with Gasteiger partial charge >= 0.3 is 5.69 Å². The molecule has 1 aliphatic carbocycles. The molecule has 6 heteroatoms. The lowest BCUT2D eigenvalue weighted by Gasteiger charge is -2.33. The molecule has 0 saturated heterocycles. The van der Waals surface area contributed by atoms with E-state index in [1.165, 1.54) is 4.57 Å². The summed E-state index contributed by atoms with van der Waals surface area (Å²) in [5.41, 5.74) is 0.262. The highest BCUT2D eigenvalue weighted by Crippen LogP contribution is 2.36. The first-order valence-electron chi connectivity index (χ1n) is 6.78. The molecule has 1 fully saturated rings. The highest BCUT2D eigenvalue weighted by molar-refractivity contribution is 9.10. The Kier molecular flexibility index (Phi) is 3.80. The second kappa shape index (κ2) is 5.46. The summed E-state index contributed by atoms with van der Waals surface area (Å²) in [6.07, 6.45) is 1.69. The van der Waals surface area contributed by atoms with E-state index in [-0.39, 0.29) is 16.8 Å². The van der Waals surface area contributed by atoms with Crippen molar-refractivity contribution in [3.05, 3.63) is 54.7 Å². The van der Waals surface area contributed by atoms with Crippen molar-refractivity contribution in [2.75, 3.05) is 0 Å². The van der Waals surface area contributed by atoms with Crippen molar-refractivity contribution in [3.8, 4) is 11.1 Å². The van der Waals surface area contributed by atoms with Crippen LogP contribution in [0.5, 0.6) is 0 Å². The zero-order valence-electron chi connectivity index (χ0n) is 11.4. The Morgan fingerprint density at radius 1 is 1.29 bits per heavy atom. The van der Waals surface area contributed by atoms with Gasteiger partial charge in [-0.1, -0.05) is 52.7 Å². The fourth-order valence-electron chi connectivity index (χ4n) is 2.82. The highest BCUT2D eigenvalue weighted by atomic mass is 79.9. The Bertz CT molecular complexity index is 806. The molecule has 3 rings (SSSR count). The summed E-state index contributed by atoms with van der Waals surface area (Å²) in [7, 11) is 0. The van der Waals surface area contributed by atoms with Crippen molar-refractivity contribution in [1.82, 2.24) is 9.55 Å². The van der Waals surface area contributed by atoms with Crippen molar-refractivity contribution >= 4 is 27.5 Å². The molecule has 1 aliphatic rings. The third-order valence-corrected chi connectivity index (χ3v) is 4.92. The Morgan fingerprint density at radius 2 is 1.95 bits per heavy atom. The second-order valence-electron chi connectivity index (χ2n) is 5.50. The molecule has 1 N–H and O–H groups in total. The van der Waals surface area contributed by atoms with Gasteiger partial charge in [0.2, 0.25) is 0 Å². The van der Waals surface area contributed by atoms with E-state index in [0.29, 0.717) is 17.0 Å². The Balaban J connectivity index is 2.23. The Labute approximate surface area is 134 Å². The van der Waals surface area contributed by atoms with E-state index < -0.39 is 5.69 Å². The van der Waals surface area contributed by atoms with Crippen LogP contribution < -0.4 is 11.2 Å². The summed E-state index contributed by atoms with van der Waals surface area (Å²) in [4.78, 5) is 27.4. The van der Waals surface area contributed by atoms with E-state index in [4.69, 9.17) is 11.6 Å². The number of nitrogens with zero attached hydrogens (tertiary/aromatic N) is 1. The molecule has 110 valence electrons. The summed E-state index contributed by atoms with van der Waals surface area (Å²) in [6.45, 7) is 2.11. The summed E-state index contributed by atoms with van der Waals surface area (Å²) in [5, 5.41) is 0.0838. The van der Waals surface area contributed by atoms with E-state index in [1.807, 2.05) is 18.2 Å². The zero-order chi connectivity index (χ0) is 15.1. The highest BCUT2D eigenvalue weighted by Gasteiger charge is 2.30. The summed E-state index contributed by atoms with van der Waals surface area (Å²) < 4.78 is 2.07. The minimum Gasteiger partial charge on any atom is -0.297 e. The molecule has 2 aromatic rings. The van der Waals surface area contributed by atoms with Crippen molar-refractivity contribution in [1.29, 1.82) is 0 Å². The molecule has 0 radical (unpaired) electrons. The van der Waals surface area contributed by atoms with E-state index in [1.54, 1.807) is 6.07 Å². The van der Waals surface area contributed by atoms with E-state index in [0.717, 1.165) is 17.3 Å². The maximum Gasteiger partial charge on any atom is 0.329 e. The lowest BCUT2D eigenvalue weighted by Crippen LogP contribution is -2.43. The first-order chi connectivity index (χ1) is 9.99. The summed E-state index contributed by atoms with van der Waals surface area (Å²) in [6, 6.07) is 7.30. The SMILES string of the molecule is CC1CC(n2c(=O)[nH]c(Cl)c(-c3ccccc3Br)c2=O)C1. The number of halogens is 2. The Hall–Kier alpha value is -1.33. The molecule has 4 nitrogen and oxygen atoms in total. The van der Waals surface area contributed by atoms with Crippen LogP contribution >= 0.6 is 27.5 Å². The van der Waals surface area contributed by atoms with Crippen LogP contribution in [0, 0.1) is 5.92 Å². The zero-order valence-corrected chi connectivity index (χ0v) is 13.7. The molecule has 0 aliphatic heterocycles. The molecule has 0 unspecified atom stereocenters. The predicted octanol–water partition coefficient (Wildman–Crippen LogP) is 3.59. The molecule has 21 heavy (non-hydrogen) atoms. The molecule has 0 amide bonds. The minimum atomic E-state index is -0.433. The fourth-order valence-corrected chi connectivity index (χ4v) is 3.57. The molecule has 0 atom stereocenters.